The summed E-state index contributed by atoms with van der Waals surface area (Å²) in [7, 11) is 0. The minimum absolute atomic E-state index is 0. The third-order valence-electron chi connectivity index (χ3n) is 3.07. The van der Waals surface area contributed by atoms with E-state index < -0.39 is 6.04 Å². The molecule has 0 saturated carbocycles. The molecule has 0 fully saturated rings. The van der Waals surface area contributed by atoms with E-state index in [0.717, 1.165) is 5.56 Å². The van der Waals surface area contributed by atoms with Crippen LogP contribution in [0.1, 0.15) is 19.4 Å². The van der Waals surface area contributed by atoms with Crippen molar-refractivity contribution in [3.05, 3.63) is 34.9 Å². The standard InChI is InChI=1S/C15H22ClN3O2.ClH/c1-10(2)14(17)15(21)19-9-13(20)18-7-6-11-4-3-5-12(16)8-11;/h3-5,8,10,14H,6-7,9,17H2,1-2H3,(H,18,20)(H,19,21);1H/t14-;/m0./s1. The Morgan fingerprint density at radius 3 is 2.55 bits per heavy atom. The molecule has 1 aromatic rings. The third kappa shape index (κ3) is 7.64. The second kappa shape index (κ2) is 10.4. The molecule has 1 aromatic carbocycles. The number of carbonyl (C=O) groups is 2. The molecule has 4 N–H and O–H groups in total. The van der Waals surface area contributed by atoms with Crippen molar-refractivity contribution >= 4 is 35.8 Å². The summed E-state index contributed by atoms with van der Waals surface area (Å²) in [6.45, 7) is 4.14. The maximum Gasteiger partial charge on any atom is 0.239 e. The first kappa shape index (κ1) is 20.7. The van der Waals surface area contributed by atoms with Crippen LogP contribution in [0.25, 0.3) is 0 Å². The van der Waals surface area contributed by atoms with Crippen molar-refractivity contribution in [3.8, 4) is 0 Å². The molecule has 124 valence electrons. The molecule has 0 radical (unpaired) electrons. The number of amides is 2. The quantitative estimate of drug-likeness (QED) is 0.699. The van der Waals surface area contributed by atoms with E-state index in [1.165, 1.54) is 0 Å². The largest absolute Gasteiger partial charge is 0.354 e. The molecule has 0 aliphatic carbocycles. The van der Waals surface area contributed by atoms with Crippen molar-refractivity contribution in [2.24, 2.45) is 11.7 Å². The van der Waals surface area contributed by atoms with E-state index in [1.54, 1.807) is 6.07 Å². The van der Waals surface area contributed by atoms with Gasteiger partial charge in [0.15, 0.2) is 0 Å². The van der Waals surface area contributed by atoms with Crippen LogP contribution in [0.3, 0.4) is 0 Å². The van der Waals surface area contributed by atoms with Crippen LogP contribution in [0, 0.1) is 5.92 Å². The molecular formula is C15H23Cl2N3O2. The van der Waals surface area contributed by atoms with Crippen molar-refractivity contribution in [1.29, 1.82) is 0 Å². The number of hydrogen-bond acceptors (Lipinski definition) is 3. The lowest BCUT2D eigenvalue weighted by atomic mass is 10.1. The molecule has 0 aliphatic rings. The molecule has 22 heavy (non-hydrogen) atoms. The summed E-state index contributed by atoms with van der Waals surface area (Å²) < 4.78 is 0. The molecule has 0 bridgehead atoms. The van der Waals surface area contributed by atoms with Crippen LogP contribution in [0.4, 0.5) is 0 Å². The first-order valence-corrected chi connectivity index (χ1v) is 7.32. The fourth-order valence-corrected chi connectivity index (χ4v) is 1.90. The van der Waals surface area contributed by atoms with E-state index in [4.69, 9.17) is 17.3 Å². The SMILES string of the molecule is CC(C)[C@H](N)C(=O)NCC(=O)NCCc1cccc(Cl)c1.Cl. The minimum atomic E-state index is -0.593. The van der Waals surface area contributed by atoms with Crippen LogP contribution >= 0.6 is 24.0 Å². The summed E-state index contributed by atoms with van der Waals surface area (Å²) in [5.74, 6) is -0.507. The minimum Gasteiger partial charge on any atom is -0.354 e. The van der Waals surface area contributed by atoms with Gasteiger partial charge in [-0.15, -0.1) is 12.4 Å². The van der Waals surface area contributed by atoms with E-state index in [9.17, 15) is 9.59 Å². The molecule has 7 heteroatoms. The molecule has 0 unspecified atom stereocenters. The molecule has 2 amide bonds. The smallest absolute Gasteiger partial charge is 0.239 e. The van der Waals surface area contributed by atoms with Crippen molar-refractivity contribution in [3.63, 3.8) is 0 Å². The Balaban J connectivity index is 0.00000441. The summed E-state index contributed by atoms with van der Waals surface area (Å²) in [5.41, 5.74) is 6.73. The second-order valence-electron chi connectivity index (χ2n) is 5.22. The molecule has 1 atom stereocenters. The second-order valence-corrected chi connectivity index (χ2v) is 5.65. The summed E-state index contributed by atoms with van der Waals surface area (Å²) in [5, 5.41) is 5.94. The van der Waals surface area contributed by atoms with Gasteiger partial charge < -0.3 is 16.4 Å². The van der Waals surface area contributed by atoms with Gasteiger partial charge in [-0.1, -0.05) is 37.6 Å². The van der Waals surface area contributed by atoms with E-state index in [2.05, 4.69) is 10.6 Å². The number of halogens is 2. The monoisotopic (exact) mass is 347 g/mol. The van der Waals surface area contributed by atoms with Gasteiger partial charge in [-0.2, -0.15) is 0 Å². The Morgan fingerprint density at radius 2 is 1.95 bits per heavy atom. The lowest BCUT2D eigenvalue weighted by Crippen LogP contribution is -2.47. The van der Waals surface area contributed by atoms with Crippen LogP contribution < -0.4 is 16.4 Å². The highest BCUT2D eigenvalue weighted by Crippen LogP contribution is 2.10. The van der Waals surface area contributed by atoms with E-state index in [-0.39, 0.29) is 36.7 Å². The Hall–Kier alpha value is -1.30. The van der Waals surface area contributed by atoms with Crippen molar-refractivity contribution in [1.82, 2.24) is 10.6 Å². The molecular weight excluding hydrogens is 325 g/mol. The number of nitrogens with one attached hydrogen (secondary N) is 2. The number of nitrogens with two attached hydrogens (primary N) is 1. The molecule has 0 heterocycles. The molecule has 1 rings (SSSR count). The van der Waals surface area contributed by atoms with E-state index in [1.807, 2.05) is 32.0 Å². The van der Waals surface area contributed by atoms with E-state index >= 15 is 0 Å². The van der Waals surface area contributed by atoms with Gasteiger partial charge >= 0.3 is 0 Å². The summed E-state index contributed by atoms with van der Waals surface area (Å²) in [6, 6.07) is 6.88. The van der Waals surface area contributed by atoms with Crippen molar-refractivity contribution in [2.75, 3.05) is 13.1 Å². The number of rotatable bonds is 7. The molecule has 0 spiro atoms. The van der Waals surface area contributed by atoms with Gasteiger partial charge in [-0.25, -0.2) is 0 Å². The first-order chi connectivity index (χ1) is 9.90. The average molecular weight is 348 g/mol. The molecule has 0 aromatic heterocycles. The predicted octanol–water partition coefficient (Wildman–Crippen LogP) is 1.52. The van der Waals surface area contributed by atoms with Crippen LogP contribution in [0.15, 0.2) is 24.3 Å². The lowest BCUT2D eigenvalue weighted by Gasteiger charge is -2.15. The predicted molar refractivity (Wildman–Crippen MR) is 91.2 cm³/mol. The number of benzene rings is 1. The lowest BCUT2D eigenvalue weighted by molar-refractivity contribution is -0.127. The molecule has 0 aliphatic heterocycles. The highest BCUT2D eigenvalue weighted by molar-refractivity contribution is 6.30. The fourth-order valence-electron chi connectivity index (χ4n) is 1.69. The van der Waals surface area contributed by atoms with Gasteiger partial charge in [-0.05, 0) is 30.0 Å². The average Bonchev–Trinajstić information content (AvgIpc) is 2.44. The van der Waals surface area contributed by atoms with Crippen molar-refractivity contribution in [2.45, 2.75) is 26.3 Å². The number of hydrogen-bond donors (Lipinski definition) is 3. The van der Waals surface area contributed by atoms with Gasteiger partial charge in [-0.3, -0.25) is 9.59 Å². The fraction of sp³-hybridized carbons (Fsp3) is 0.467. The maximum atomic E-state index is 11.6. The zero-order chi connectivity index (χ0) is 15.8. The summed E-state index contributed by atoms with van der Waals surface area (Å²) in [4.78, 5) is 23.2. The summed E-state index contributed by atoms with van der Waals surface area (Å²) >= 11 is 5.88. The van der Waals surface area contributed by atoms with Gasteiger partial charge in [0.05, 0.1) is 12.6 Å². The van der Waals surface area contributed by atoms with Gasteiger partial charge in [0.1, 0.15) is 0 Å². The topological polar surface area (TPSA) is 84.2 Å². The zero-order valence-corrected chi connectivity index (χ0v) is 14.3. The van der Waals surface area contributed by atoms with Crippen LogP contribution in [-0.2, 0) is 16.0 Å². The first-order valence-electron chi connectivity index (χ1n) is 6.94. The Morgan fingerprint density at radius 1 is 1.27 bits per heavy atom. The van der Waals surface area contributed by atoms with Gasteiger partial charge in [0.2, 0.25) is 11.8 Å². The molecule has 5 nitrogen and oxygen atoms in total. The zero-order valence-electron chi connectivity index (χ0n) is 12.8. The highest BCUT2D eigenvalue weighted by atomic mass is 35.5. The van der Waals surface area contributed by atoms with Crippen LogP contribution in [0.2, 0.25) is 5.02 Å². The van der Waals surface area contributed by atoms with Crippen LogP contribution in [0.5, 0.6) is 0 Å². The Kier molecular flexibility index (Phi) is 9.81. The normalized spacial score (nSPS) is 11.5. The van der Waals surface area contributed by atoms with Gasteiger partial charge in [0, 0.05) is 11.6 Å². The summed E-state index contributed by atoms with van der Waals surface area (Å²) in [6.07, 6.45) is 0.686. The van der Waals surface area contributed by atoms with Crippen molar-refractivity contribution < 1.29 is 9.59 Å². The molecule has 0 saturated heterocycles. The Labute approximate surface area is 142 Å². The maximum absolute atomic E-state index is 11.6. The highest BCUT2D eigenvalue weighted by Gasteiger charge is 2.17. The van der Waals surface area contributed by atoms with E-state index in [0.29, 0.717) is 18.0 Å². The third-order valence-corrected chi connectivity index (χ3v) is 3.30. The van der Waals surface area contributed by atoms with Crippen LogP contribution in [-0.4, -0.2) is 30.9 Å². The number of carbonyl (C=O) groups excluding carboxylic acids is 2. The van der Waals surface area contributed by atoms with Gasteiger partial charge in [0.25, 0.3) is 0 Å². The Bertz CT molecular complexity index is 495.